The molecule has 0 radical (unpaired) electrons. The third-order valence-electron chi connectivity index (χ3n) is 18.2. The molecule has 2 heterocycles. The van der Waals surface area contributed by atoms with Crippen molar-refractivity contribution in [2.45, 2.75) is 273 Å². The molecule has 3 aromatic rings. The van der Waals surface area contributed by atoms with Crippen molar-refractivity contribution in [3.05, 3.63) is 125 Å². The highest BCUT2D eigenvalue weighted by Crippen LogP contribution is 2.44. The number of allylic oxidation sites excluding steroid dienone is 1. The maximum absolute atomic E-state index is 13.5. The Hall–Kier alpha value is -2.33. The van der Waals surface area contributed by atoms with Gasteiger partial charge in [0.1, 0.15) is 12.2 Å². The van der Waals surface area contributed by atoms with Crippen LogP contribution in [0.4, 0.5) is 0 Å². The average Bonchev–Trinajstić information content (AvgIpc) is 1.00. The van der Waals surface area contributed by atoms with E-state index in [0.717, 1.165) is 33.6 Å². The molecule has 9 atom stereocenters. The van der Waals surface area contributed by atoms with Crippen LogP contribution in [0.1, 0.15) is 165 Å². The van der Waals surface area contributed by atoms with Gasteiger partial charge in [-0.2, -0.15) is 0 Å². The van der Waals surface area contributed by atoms with E-state index in [2.05, 4.69) is 275 Å². The summed E-state index contributed by atoms with van der Waals surface area (Å²) in [5, 5.41) is 2.56. The lowest BCUT2D eigenvalue weighted by Crippen LogP contribution is -2.67. The SMILES string of the molecule is CC(C)[C@H](C)/C=C\C(O[Si](C)(C)C(C)(C)C)[C@H]1OC(C)(C)O[C@H]1CCI.Cc1cc(C)c(C(=O)OCC[Si](C)(C)C)c(/C=C/C[C@@H]2OC(C)(C)O[C@@H]2C(/C=C\[C@@H](C)[C@H](C)O[Si](c2ccccc2)(c2ccccc2)C(C)(C)C)O[Si](C)(C)C(C)(C)C)c1. The molecule has 484 valence electrons. The number of halogens is 1. The van der Waals surface area contributed by atoms with Gasteiger partial charge >= 0.3 is 5.97 Å². The van der Waals surface area contributed by atoms with E-state index in [1.54, 1.807) is 0 Å². The molecular formula is C72H119IO9Si4. The number of carbonyl (C=O) groups excluding carboxylic acids is 1. The molecule has 2 aliphatic rings. The Morgan fingerprint density at radius 2 is 1.07 bits per heavy atom. The number of benzene rings is 3. The molecule has 3 aromatic carbocycles. The quantitative estimate of drug-likeness (QED) is 0.0270. The second-order valence-electron chi connectivity index (χ2n) is 31.3. The first kappa shape index (κ1) is 76.1. The number of esters is 1. The average molecular weight is 1370 g/mol. The highest BCUT2D eigenvalue weighted by molar-refractivity contribution is 14.1. The number of hydrogen-bond donors (Lipinski definition) is 0. The molecule has 86 heavy (non-hydrogen) atoms. The first-order chi connectivity index (χ1) is 39.4. The summed E-state index contributed by atoms with van der Waals surface area (Å²) in [5.74, 6) is -0.420. The maximum Gasteiger partial charge on any atom is 0.338 e. The van der Waals surface area contributed by atoms with Crippen LogP contribution < -0.4 is 10.4 Å². The van der Waals surface area contributed by atoms with Crippen molar-refractivity contribution in [2.24, 2.45) is 17.8 Å². The van der Waals surface area contributed by atoms with Gasteiger partial charge in [-0.25, -0.2) is 4.79 Å². The third kappa shape index (κ3) is 21.4. The fourth-order valence-electron chi connectivity index (χ4n) is 10.5. The topological polar surface area (TPSA) is 90.9 Å². The summed E-state index contributed by atoms with van der Waals surface area (Å²) in [5.41, 5.74) is 3.50. The summed E-state index contributed by atoms with van der Waals surface area (Å²) in [6, 6.07) is 26.7. The Kier molecular flexibility index (Phi) is 27.3. The molecule has 0 amide bonds. The molecular weight excluding hydrogens is 1250 g/mol. The van der Waals surface area contributed by atoms with Gasteiger partial charge in [0.15, 0.2) is 28.2 Å². The summed E-state index contributed by atoms with van der Waals surface area (Å²) in [6.45, 7) is 60.5. The summed E-state index contributed by atoms with van der Waals surface area (Å²) in [4.78, 5) is 13.5. The predicted molar refractivity (Wildman–Crippen MR) is 383 cm³/mol. The number of alkyl halides is 1. The molecule has 0 bridgehead atoms. The van der Waals surface area contributed by atoms with Crippen LogP contribution in [0.5, 0.6) is 0 Å². The molecule has 2 unspecified atom stereocenters. The summed E-state index contributed by atoms with van der Waals surface area (Å²) in [6.07, 6.45) is 13.7. The summed E-state index contributed by atoms with van der Waals surface area (Å²) >= 11 is 2.42. The van der Waals surface area contributed by atoms with Gasteiger partial charge in [0, 0.05) is 18.6 Å². The van der Waals surface area contributed by atoms with Crippen molar-refractivity contribution >= 4 is 78.0 Å². The fourth-order valence-corrected chi connectivity index (χ4v) is 19.2. The zero-order valence-corrected chi connectivity index (χ0v) is 64.9. The van der Waals surface area contributed by atoms with Crippen LogP contribution in [-0.2, 0) is 37.0 Å². The van der Waals surface area contributed by atoms with Crippen LogP contribution in [0, 0.1) is 31.6 Å². The first-order valence-electron chi connectivity index (χ1n) is 32.1. The molecule has 0 aliphatic carbocycles. The Labute approximate surface area is 542 Å². The third-order valence-corrected chi connectivity index (χ3v) is 34.6. The summed E-state index contributed by atoms with van der Waals surface area (Å²) < 4.78 is 54.5. The van der Waals surface area contributed by atoms with Crippen molar-refractivity contribution < 1.29 is 41.8 Å². The minimum absolute atomic E-state index is 0.0160. The largest absolute Gasteiger partial charge is 0.462 e. The van der Waals surface area contributed by atoms with E-state index < -0.39 is 44.6 Å². The van der Waals surface area contributed by atoms with Gasteiger partial charge in [-0.15, -0.1) is 0 Å². The maximum atomic E-state index is 13.5. The second-order valence-corrected chi connectivity index (χ2v) is 51.8. The van der Waals surface area contributed by atoms with E-state index in [1.807, 2.05) is 40.7 Å². The standard InChI is InChI=1S/C51H78O6Si3.C21H41IO3Si/c1-37-35-39(3)46(48(52)53-33-34-58(13,14)15)41(36-37)25-24-30-44-47(55-51(11,12)54-44)45(57-59(16,17)49(5,6)7)32-31-38(2)40(4)56-60(50(8,9)10,42-26-20-18-21-27-42)43-28-22-19-23-29-43;1-15(2)16(3)11-12-18(25-26(9,10)20(4,5)6)19-17(13-14-22)23-21(7,8)24-19/h18-29,31-32,35-36,38,40,44-45,47H,30,33-34H2,1-17H3;11-12,15-19H,13-14H2,1-10H3/b25-24+,32-31-;12-11-/t38-,40+,44+,45?,47+;16-,17+,18?,19+/m11/s1. The van der Waals surface area contributed by atoms with Crippen molar-refractivity contribution in [2.75, 3.05) is 11.0 Å². The molecule has 0 N–H and O–H groups in total. The number of hydrogen-bond acceptors (Lipinski definition) is 9. The van der Waals surface area contributed by atoms with E-state index in [-0.39, 0.29) is 69.7 Å². The van der Waals surface area contributed by atoms with E-state index in [9.17, 15) is 4.79 Å². The van der Waals surface area contributed by atoms with Crippen LogP contribution in [0.15, 0.2) is 103 Å². The van der Waals surface area contributed by atoms with Gasteiger partial charge in [0.2, 0.25) is 0 Å². The molecule has 0 saturated carbocycles. The Morgan fingerprint density at radius 3 is 1.50 bits per heavy atom. The zero-order chi connectivity index (χ0) is 65.2. The Bertz CT molecular complexity index is 2640. The number of carbonyl (C=O) groups is 1. The van der Waals surface area contributed by atoms with Gasteiger partial charge in [0.05, 0.1) is 36.6 Å². The normalized spacial score (nSPS) is 21.6. The Balaban J connectivity index is 0.000000508. The predicted octanol–water partition coefficient (Wildman–Crippen LogP) is 18.8. The van der Waals surface area contributed by atoms with Crippen LogP contribution in [0.3, 0.4) is 0 Å². The number of aryl methyl sites for hydroxylation is 2. The molecule has 2 aliphatic heterocycles. The van der Waals surface area contributed by atoms with Crippen molar-refractivity contribution in [1.29, 1.82) is 0 Å². The van der Waals surface area contributed by atoms with Crippen molar-refractivity contribution in [3.63, 3.8) is 0 Å². The molecule has 2 saturated heterocycles. The second kappa shape index (κ2) is 30.9. The minimum atomic E-state index is -2.76. The van der Waals surface area contributed by atoms with Crippen LogP contribution in [0.25, 0.3) is 6.08 Å². The molecule has 0 aromatic heterocycles. The molecule has 2 fully saturated rings. The highest BCUT2D eigenvalue weighted by atomic mass is 127. The van der Waals surface area contributed by atoms with Crippen LogP contribution >= 0.6 is 22.6 Å². The minimum Gasteiger partial charge on any atom is -0.462 e. The van der Waals surface area contributed by atoms with E-state index >= 15 is 0 Å². The number of ether oxygens (including phenoxy) is 5. The first-order valence-corrected chi connectivity index (χ1v) is 45.1. The number of rotatable bonds is 25. The van der Waals surface area contributed by atoms with Crippen molar-refractivity contribution in [1.82, 2.24) is 0 Å². The smallest absolute Gasteiger partial charge is 0.338 e. The highest BCUT2D eigenvalue weighted by Gasteiger charge is 2.53. The molecule has 9 nitrogen and oxygen atoms in total. The zero-order valence-electron chi connectivity index (χ0n) is 58.8. The monoisotopic (exact) mass is 1370 g/mol. The van der Waals surface area contributed by atoms with Gasteiger partial charge in [0.25, 0.3) is 8.32 Å². The van der Waals surface area contributed by atoms with Crippen molar-refractivity contribution in [3.8, 4) is 0 Å². The van der Waals surface area contributed by atoms with E-state index in [4.69, 9.17) is 37.0 Å². The van der Waals surface area contributed by atoms with E-state index in [0.29, 0.717) is 30.4 Å². The molecule has 14 heteroatoms. The Morgan fingerprint density at radius 1 is 0.616 bits per heavy atom. The lowest BCUT2D eigenvalue weighted by Gasteiger charge is -2.45. The molecule has 0 spiro atoms. The van der Waals surface area contributed by atoms with Crippen LogP contribution in [0.2, 0.25) is 67.0 Å². The lowest BCUT2D eigenvalue weighted by molar-refractivity contribution is -0.152. The summed E-state index contributed by atoms with van der Waals surface area (Å²) in [7, 11) is -8.31. The van der Waals surface area contributed by atoms with Crippen LogP contribution in [-0.4, -0.2) is 104 Å². The van der Waals surface area contributed by atoms with Gasteiger partial charge in [-0.1, -0.05) is 247 Å². The lowest BCUT2D eigenvalue weighted by atomic mass is 9.96. The fraction of sp³-hybridized carbons (Fsp3) is 0.653. The van der Waals surface area contributed by atoms with E-state index in [1.165, 1.54) is 10.4 Å². The van der Waals surface area contributed by atoms with Gasteiger partial charge in [-0.05, 0) is 148 Å². The molecule has 5 rings (SSSR count). The van der Waals surface area contributed by atoms with Gasteiger partial charge in [-0.3, -0.25) is 0 Å². The van der Waals surface area contributed by atoms with Gasteiger partial charge < -0.3 is 37.0 Å².